The normalized spacial score (nSPS) is 11.2. The Morgan fingerprint density at radius 3 is 2.73 bits per heavy atom. The first-order valence-corrected chi connectivity index (χ1v) is 5.07. The molecule has 0 saturated heterocycles. The maximum absolute atomic E-state index is 12.0. The molecule has 0 aliphatic heterocycles. The fourth-order valence-electron chi connectivity index (χ4n) is 1.68. The minimum Gasteiger partial charge on any atom is -0.296 e. The third-order valence-electron chi connectivity index (χ3n) is 2.57. The first kappa shape index (κ1) is 9.90. The molecule has 0 amide bonds. The van der Waals surface area contributed by atoms with E-state index < -0.39 is 0 Å². The maximum atomic E-state index is 12.0. The van der Waals surface area contributed by atoms with Crippen molar-refractivity contribution in [1.29, 1.82) is 0 Å². The van der Waals surface area contributed by atoms with Crippen molar-refractivity contribution < 1.29 is 0 Å². The monoisotopic (exact) mass is 202 g/mol. The topological polar surface area (TPSA) is 34.9 Å². The highest BCUT2D eigenvalue weighted by atomic mass is 16.1. The summed E-state index contributed by atoms with van der Waals surface area (Å²) in [6.45, 7) is 5.92. The van der Waals surface area contributed by atoms with Crippen molar-refractivity contribution in [3.63, 3.8) is 0 Å². The van der Waals surface area contributed by atoms with Crippen LogP contribution in [0.15, 0.2) is 29.3 Å². The Labute approximate surface area is 88.4 Å². The molecule has 0 spiro atoms. The van der Waals surface area contributed by atoms with E-state index in [4.69, 9.17) is 0 Å². The van der Waals surface area contributed by atoms with Crippen LogP contribution in [0.1, 0.15) is 25.5 Å². The highest BCUT2D eigenvalue weighted by Gasteiger charge is 2.07. The standard InChI is InChI=1S/C12H14N2O/c1-8(2)14-7-13-11-9(3)5-4-6-10(11)12(14)15/h4-8H,1-3H3. The van der Waals surface area contributed by atoms with Gasteiger partial charge in [0, 0.05) is 6.04 Å². The van der Waals surface area contributed by atoms with Gasteiger partial charge in [-0.15, -0.1) is 0 Å². The molecule has 1 aromatic heterocycles. The largest absolute Gasteiger partial charge is 0.296 e. The molecule has 1 heterocycles. The molecular weight excluding hydrogens is 188 g/mol. The van der Waals surface area contributed by atoms with Crippen LogP contribution in [0, 0.1) is 6.92 Å². The van der Waals surface area contributed by atoms with Crippen molar-refractivity contribution in [2.45, 2.75) is 26.8 Å². The van der Waals surface area contributed by atoms with Crippen LogP contribution in [0.25, 0.3) is 10.9 Å². The highest BCUT2D eigenvalue weighted by Crippen LogP contribution is 2.12. The van der Waals surface area contributed by atoms with Gasteiger partial charge < -0.3 is 0 Å². The van der Waals surface area contributed by atoms with Crippen LogP contribution in [-0.4, -0.2) is 9.55 Å². The minimum absolute atomic E-state index is 0.0405. The quantitative estimate of drug-likeness (QED) is 0.711. The summed E-state index contributed by atoms with van der Waals surface area (Å²) in [7, 11) is 0. The molecule has 0 N–H and O–H groups in total. The lowest BCUT2D eigenvalue weighted by Gasteiger charge is -2.10. The summed E-state index contributed by atoms with van der Waals surface area (Å²) in [4.78, 5) is 16.4. The third kappa shape index (κ3) is 1.54. The van der Waals surface area contributed by atoms with E-state index in [-0.39, 0.29) is 11.6 Å². The molecule has 0 aliphatic rings. The summed E-state index contributed by atoms with van der Waals surface area (Å²) in [6.07, 6.45) is 1.63. The number of aryl methyl sites for hydroxylation is 1. The number of rotatable bonds is 1. The first-order chi connectivity index (χ1) is 7.11. The fourth-order valence-corrected chi connectivity index (χ4v) is 1.68. The molecule has 0 fully saturated rings. The van der Waals surface area contributed by atoms with Crippen LogP contribution in [-0.2, 0) is 0 Å². The van der Waals surface area contributed by atoms with Gasteiger partial charge in [-0.2, -0.15) is 0 Å². The zero-order valence-electron chi connectivity index (χ0n) is 9.19. The van der Waals surface area contributed by atoms with Crippen LogP contribution < -0.4 is 5.56 Å². The summed E-state index contributed by atoms with van der Waals surface area (Å²) in [5.74, 6) is 0. The van der Waals surface area contributed by atoms with E-state index in [1.165, 1.54) is 0 Å². The molecule has 1 aromatic carbocycles. The summed E-state index contributed by atoms with van der Waals surface area (Å²) in [6, 6.07) is 5.84. The predicted molar refractivity (Wildman–Crippen MR) is 61.1 cm³/mol. The van der Waals surface area contributed by atoms with E-state index in [1.54, 1.807) is 10.9 Å². The number of benzene rings is 1. The molecule has 2 aromatic rings. The molecular formula is C12H14N2O. The second kappa shape index (κ2) is 3.50. The summed E-state index contributed by atoms with van der Waals surface area (Å²) >= 11 is 0. The molecule has 0 aliphatic carbocycles. The SMILES string of the molecule is Cc1cccc2c(=O)n(C(C)C)cnc12. The lowest BCUT2D eigenvalue weighted by atomic mass is 10.1. The van der Waals surface area contributed by atoms with Gasteiger partial charge in [0.05, 0.1) is 17.2 Å². The van der Waals surface area contributed by atoms with Crippen molar-refractivity contribution in [3.05, 3.63) is 40.4 Å². The molecule has 0 radical (unpaired) electrons. The average Bonchev–Trinajstić information content (AvgIpc) is 2.19. The third-order valence-corrected chi connectivity index (χ3v) is 2.57. The van der Waals surface area contributed by atoms with E-state index in [2.05, 4.69) is 4.98 Å². The molecule has 0 atom stereocenters. The lowest BCUT2D eigenvalue weighted by Crippen LogP contribution is -2.22. The van der Waals surface area contributed by atoms with E-state index in [0.717, 1.165) is 11.1 Å². The smallest absolute Gasteiger partial charge is 0.261 e. The van der Waals surface area contributed by atoms with Gasteiger partial charge in [-0.25, -0.2) is 4.98 Å². The zero-order chi connectivity index (χ0) is 11.0. The molecule has 0 saturated carbocycles. The van der Waals surface area contributed by atoms with E-state index in [1.807, 2.05) is 39.0 Å². The second-order valence-electron chi connectivity index (χ2n) is 4.02. The van der Waals surface area contributed by atoms with E-state index >= 15 is 0 Å². The number of nitrogens with zero attached hydrogens (tertiary/aromatic N) is 2. The number of hydrogen-bond acceptors (Lipinski definition) is 2. The highest BCUT2D eigenvalue weighted by molar-refractivity contribution is 5.80. The van der Waals surface area contributed by atoms with Crippen molar-refractivity contribution in [2.75, 3.05) is 0 Å². The van der Waals surface area contributed by atoms with Crippen LogP contribution in [0.4, 0.5) is 0 Å². The van der Waals surface area contributed by atoms with Crippen LogP contribution in [0.3, 0.4) is 0 Å². The van der Waals surface area contributed by atoms with Crippen molar-refractivity contribution in [2.24, 2.45) is 0 Å². The van der Waals surface area contributed by atoms with Crippen LogP contribution in [0.2, 0.25) is 0 Å². The summed E-state index contributed by atoms with van der Waals surface area (Å²) in [5, 5.41) is 0.700. The van der Waals surface area contributed by atoms with Crippen molar-refractivity contribution >= 4 is 10.9 Å². The summed E-state index contributed by atoms with van der Waals surface area (Å²) < 4.78 is 1.65. The van der Waals surface area contributed by atoms with Gasteiger partial charge in [-0.05, 0) is 32.4 Å². The summed E-state index contributed by atoms with van der Waals surface area (Å²) in [5.41, 5.74) is 1.89. The Bertz CT molecular complexity index is 555. The number of aromatic nitrogens is 2. The average molecular weight is 202 g/mol. The predicted octanol–water partition coefficient (Wildman–Crippen LogP) is 2.29. The van der Waals surface area contributed by atoms with Gasteiger partial charge in [-0.3, -0.25) is 9.36 Å². The molecule has 2 rings (SSSR count). The van der Waals surface area contributed by atoms with Crippen molar-refractivity contribution in [1.82, 2.24) is 9.55 Å². The molecule has 0 bridgehead atoms. The van der Waals surface area contributed by atoms with Gasteiger partial charge in [0.25, 0.3) is 5.56 Å². The van der Waals surface area contributed by atoms with Crippen molar-refractivity contribution in [3.8, 4) is 0 Å². The van der Waals surface area contributed by atoms with Gasteiger partial charge in [0.1, 0.15) is 0 Å². The zero-order valence-corrected chi connectivity index (χ0v) is 9.19. The molecule has 3 heteroatoms. The Kier molecular flexibility index (Phi) is 2.31. The van der Waals surface area contributed by atoms with E-state index in [0.29, 0.717) is 5.39 Å². The Hall–Kier alpha value is -1.64. The number of fused-ring (bicyclic) bond motifs is 1. The first-order valence-electron chi connectivity index (χ1n) is 5.07. The maximum Gasteiger partial charge on any atom is 0.261 e. The number of hydrogen-bond donors (Lipinski definition) is 0. The van der Waals surface area contributed by atoms with Gasteiger partial charge in [0.15, 0.2) is 0 Å². The van der Waals surface area contributed by atoms with Gasteiger partial charge in [-0.1, -0.05) is 12.1 Å². The number of para-hydroxylation sites is 1. The second-order valence-corrected chi connectivity index (χ2v) is 4.02. The fraction of sp³-hybridized carbons (Fsp3) is 0.333. The minimum atomic E-state index is 0.0405. The van der Waals surface area contributed by atoms with E-state index in [9.17, 15) is 4.79 Å². The van der Waals surface area contributed by atoms with Crippen LogP contribution in [0.5, 0.6) is 0 Å². The Balaban J connectivity index is 2.86. The Morgan fingerprint density at radius 1 is 1.33 bits per heavy atom. The van der Waals surface area contributed by atoms with Gasteiger partial charge >= 0.3 is 0 Å². The van der Waals surface area contributed by atoms with Crippen LogP contribution >= 0.6 is 0 Å². The van der Waals surface area contributed by atoms with Gasteiger partial charge in [0.2, 0.25) is 0 Å². The lowest BCUT2D eigenvalue weighted by molar-refractivity contribution is 0.573. The molecule has 0 unspecified atom stereocenters. The Morgan fingerprint density at radius 2 is 2.07 bits per heavy atom. The molecule has 15 heavy (non-hydrogen) atoms. The molecule has 3 nitrogen and oxygen atoms in total. The molecule has 78 valence electrons.